The van der Waals surface area contributed by atoms with Gasteiger partial charge in [-0.2, -0.15) is 10.2 Å². The van der Waals surface area contributed by atoms with Crippen LogP contribution in [-0.4, -0.2) is 41.2 Å². The first kappa shape index (κ1) is 24.7. The van der Waals surface area contributed by atoms with Crippen LogP contribution in [0.4, 0.5) is 5.69 Å². The fourth-order valence-electron chi connectivity index (χ4n) is 4.82. The quantitative estimate of drug-likeness (QED) is 0.298. The number of amides is 2. The fourth-order valence-corrected chi connectivity index (χ4v) is 4.82. The number of hydrogen-bond donors (Lipinski definition) is 3. The first-order chi connectivity index (χ1) is 19.4. The third-order valence-electron chi connectivity index (χ3n) is 6.69. The normalized spacial score (nSPS) is 11.9. The molecule has 0 saturated carbocycles. The topological polar surface area (TPSA) is 139 Å². The number of carbonyl (C=O) groups is 2. The molecule has 6 rings (SSSR count). The Morgan fingerprint density at radius 3 is 2.62 bits per heavy atom. The zero-order chi connectivity index (χ0) is 27.8. The lowest BCUT2D eigenvalue weighted by molar-refractivity contribution is 0.0938. The standard InChI is InChI=1S/C29H24N8O3/c1-17(33-28(39)24-18(2)35-36-13-7-12-30-26(24)36)23-14-19-8-6-11-22(34-27(38)20-15-31-32-16-20)25(19)29(40)37(23)21-9-4-3-5-10-21/h3-17H,1-2H3,(H,31,32)(H,33,39)(H,34,38). The molecule has 6 aromatic rings. The Morgan fingerprint density at radius 1 is 1.02 bits per heavy atom. The average Bonchev–Trinajstić information content (AvgIpc) is 3.61. The summed E-state index contributed by atoms with van der Waals surface area (Å²) in [6.45, 7) is 3.57. The van der Waals surface area contributed by atoms with Crippen molar-refractivity contribution in [3.63, 3.8) is 0 Å². The maximum Gasteiger partial charge on any atom is 0.265 e. The van der Waals surface area contributed by atoms with Crippen LogP contribution in [-0.2, 0) is 0 Å². The van der Waals surface area contributed by atoms with Crippen molar-refractivity contribution in [2.75, 3.05) is 5.32 Å². The number of benzene rings is 2. The largest absolute Gasteiger partial charge is 0.344 e. The monoisotopic (exact) mass is 532 g/mol. The summed E-state index contributed by atoms with van der Waals surface area (Å²) in [7, 11) is 0. The molecule has 2 aromatic carbocycles. The molecule has 0 bridgehead atoms. The highest BCUT2D eigenvalue weighted by Crippen LogP contribution is 2.26. The number of carbonyl (C=O) groups excluding carboxylic acids is 2. The summed E-state index contributed by atoms with van der Waals surface area (Å²) in [4.78, 5) is 44.7. The van der Waals surface area contributed by atoms with Crippen molar-refractivity contribution >= 4 is 33.9 Å². The zero-order valence-corrected chi connectivity index (χ0v) is 21.6. The summed E-state index contributed by atoms with van der Waals surface area (Å²) < 4.78 is 3.12. The molecule has 0 radical (unpaired) electrons. The van der Waals surface area contributed by atoms with E-state index in [0.29, 0.717) is 50.3 Å². The number of H-pyrrole nitrogens is 1. The van der Waals surface area contributed by atoms with Gasteiger partial charge in [0.1, 0.15) is 5.56 Å². The number of rotatable bonds is 6. The van der Waals surface area contributed by atoms with E-state index in [-0.39, 0.29) is 11.5 Å². The van der Waals surface area contributed by atoms with Crippen LogP contribution in [0, 0.1) is 6.92 Å². The second-order valence-corrected chi connectivity index (χ2v) is 9.30. The number of pyridine rings is 1. The molecule has 0 fully saturated rings. The molecule has 0 aliphatic rings. The smallest absolute Gasteiger partial charge is 0.265 e. The molecule has 0 spiro atoms. The molecule has 11 heteroatoms. The molecule has 2 amide bonds. The van der Waals surface area contributed by atoms with Crippen LogP contribution in [0.2, 0.25) is 0 Å². The van der Waals surface area contributed by atoms with E-state index in [4.69, 9.17) is 0 Å². The number of aromatic nitrogens is 6. The first-order valence-corrected chi connectivity index (χ1v) is 12.6. The molecule has 198 valence electrons. The summed E-state index contributed by atoms with van der Waals surface area (Å²) in [5, 5.41) is 17.6. The first-order valence-electron chi connectivity index (χ1n) is 12.6. The highest BCUT2D eigenvalue weighted by atomic mass is 16.2. The average molecular weight is 533 g/mol. The number of nitrogens with zero attached hydrogens (tertiary/aromatic N) is 5. The van der Waals surface area contributed by atoms with Gasteiger partial charge in [0.2, 0.25) is 0 Å². The van der Waals surface area contributed by atoms with Crippen LogP contribution >= 0.6 is 0 Å². The molecular formula is C29H24N8O3. The van der Waals surface area contributed by atoms with E-state index in [0.717, 1.165) is 0 Å². The van der Waals surface area contributed by atoms with Crippen molar-refractivity contribution in [2.24, 2.45) is 0 Å². The minimum Gasteiger partial charge on any atom is -0.344 e. The molecule has 0 aliphatic heterocycles. The van der Waals surface area contributed by atoms with E-state index >= 15 is 0 Å². The van der Waals surface area contributed by atoms with Gasteiger partial charge in [-0.3, -0.25) is 24.0 Å². The molecule has 4 heterocycles. The molecule has 1 atom stereocenters. The second-order valence-electron chi connectivity index (χ2n) is 9.30. The van der Waals surface area contributed by atoms with Crippen LogP contribution in [0.15, 0.2) is 90.2 Å². The Balaban J connectivity index is 1.46. The second kappa shape index (κ2) is 9.95. The lowest BCUT2D eigenvalue weighted by Crippen LogP contribution is -2.32. The SMILES string of the molecule is Cc1nn2cccnc2c1C(=O)NC(C)c1cc2cccc(NC(=O)c3cn[nH]c3)c2c(=O)n1-c1ccccc1. The predicted octanol–water partition coefficient (Wildman–Crippen LogP) is 3.81. The molecule has 11 nitrogen and oxygen atoms in total. The van der Waals surface area contributed by atoms with Gasteiger partial charge in [0.25, 0.3) is 17.4 Å². The number of aryl methyl sites for hydroxylation is 1. The highest BCUT2D eigenvalue weighted by molar-refractivity contribution is 6.09. The lowest BCUT2D eigenvalue weighted by atomic mass is 10.1. The molecule has 4 aromatic heterocycles. The van der Waals surface area contributed by atoms with Gasteiger partial charge in [-0.05, 0) is 49.6 Å². The van der Waals surface area contributed by atoms with Crippen LogP contribution in [0.5, 0.6) is 0 Å². The van der Waals surface area contributed by atoms with Gasteiger partial charge in [-0.15, -0.1) is 0 Å². The maximum absolute atomic E-state index is 14.1. The third-order valence-corrected chi connectivity index (χ3v) is 6.69. The Labute approximate surface area is 227 Å². The van der Waals surface area contributed by atoms with Crippen LogP contribution in [0.1, 0.15) is 45.1 Å². The minimum absolute atomic E-state index is 0.336. The molecular weight excluding hydrogens is 508 g/mol. The van der Waals surface area contributed by atoms with Gasteiger partial charge >= 0.3 is 0 Å². The Morgan fingerprint density at radius 2 is 1.85 bits per heavy atom. The van der Waals surface area contributed by atoms with Gasteiger partial charge in [0, 0.05) is 30.0 Å². The molecule has 3 N–H and O–H groups in total. The van der Waals surface area contributed by atoms with Gasteiger partial charge in [-0.25, -0.2) is 9.50 Å². The van der Waals surface area contributed by atoms with Gasteiger partial charge in [0.15, 0.2) is 5.65 Å². The summed E-state index contributed by atoms with van der Waals surface area (Å²) >= 11 is 0. The van der Waals surface area contributed by atoms with Crippen molar-refractivity contribution in [1.82, 2.24) is 34.7 Å². The molecule has 0 saturated heterocycles. The van der Waals surface area contributed by atoms with Crippen molar-refractivity contribution in [1.29, 1.82) is 0 Å². The Hall–Kier alpha value is -5.58. The molecule has 40 heavy (non-hydrogen) atoms. The van der Waals surface area contributed by atoms with E-state index in [2.05, 4.69) is 30.9 Å². The Bertz CT molecular complexity index is 1940. The maximum atomic E-state index is 14.1. The van der Waals surface area contributed by atoms with Gasteiger partial charge in [-0.1, -0.05) is 30.3 Å². The number of fused-ring (bicyclic) bond motifs is 2. The van der Waals surface area contributed by atoms with E-state index in [1.165, 1.54) is 12.4 Å². The van der Waals surface area contributed by atoms with Gasteiger partial charge < -0.3 is 10.6 Å². The summed E-state index contributed by atoms with van der Waals surface area (Å²) in [6, 6.07) is 17.4. The van der Waals surface area contributed by atoms with Crippen molar-refractivity contribution in [3.8, 4) is 5.69 Å². The van der Waals surface area contributed by atoms with Crippen molar-refractivity contribution in [2.45, 2.75) is 19.9 Å². The number of nitrogens with one attached hydrogen (secondary N) is 3. The van der Waals surface area contributed by atoms with E-state index in [1.807, 2.05) is 43.3 Å². The van der Waals surface area contributed by atoms with E-state index in [1.54, 1.807) is 52.7 Å². The summed E-state index contributed by atoms with van der Waals surface area (Å²) in [5.74, 6) is -0.749. The van der Waals surface area contributed by atoms with Gasteiger partial charge in [0.05, 0.1) is 34.6 Å². The third kappa shape index (κ3) is 4.29. The zero-order valence-electron chi connectivity index (χ0n) is 21.6. The number of hydrogen-bond acceptors (Lipinski definition) is 6. The van der Waals surface area contributed by atoms with Crippen molar-refractivity contribution in [3.05, 3.63) is 118 Å². The summed E-state index contributed by atoms with van der Waals surface area (Å²) in [5.41, 5.74) is 2.91. The highest BCUT2D eigenvalue weighted by Gasteiger charge is 2.24. The van der Waals surface area contributed by atoms with E-state index < -0.39 is 11.9 Å². The van der Waals surface area contributed by atoms with Crippen LogP contribution in [0.25, 0.3) is 22.1 Å². The molecule has 1 unspecified atom stereocenters. The number of para-hydroxylation sites is 1. The minimum atomic E-state index is -0.577. The molecule has 0 aliphatic carbocycles. The van der Waals surface area contributed by atoms with Crippen LogP contribution in [0.3, 0.4) is 0 Å². The van der Waals surface area contributed by atoms with Crippen LogP contribution < -0.4 is 16.2 Å². The Kier molecular flexibility index (Phi) is 6.15. The van der Waals surface area contributed by atoms with E-state index in [9.17, 15) is 14.4 Å². The summed E-state index contributed by atoms with van der Waals surface area (Å²) in [6.07, 6.45) is 6.23. The fraction of sp³-hybridized carbons (Fsp3) is 0.103. The predicted molar refractivity (Wildman–Crippen MR) is 150 cm³/mol. The lowest BCUT2D eigenvalue weighted by Gasteiger charge is -2.21. The number of aromatic amines is 1. The van der Waals surface area contributed by atoms with Crippen molar-refractivity contribution < 1.29 is 9.59 Å². The number of anilines is 1.